The highest BCUT2D eigenvalue weighted by Gasteiger charge is 2.07. The highest BCUT2D eigenvalue weighted by Crippen LogP contribution is 2.27. The summed E-state index contributed by atoms with van der Waals surface area (Å²) in [6, 6.07) is 10.9. The Kier molecular flexibility index (Phi) is 5.42. The third-order valence-electron chi connectivity index (χ3n) is 2.69. The lowest BCUT2D eigenvalue weighted by Gasteiger charge is -2.09. The Morgan fingerprint density at radius 2 is 1.95 bits per heavy atom. The fraction of sp³-hybridized carbons (Fsp3) is 0.133. The van der Waals surface area contributed by atoms with Gasteiger partial charge in [0, 0.05) is 17.1 Å². The molecule has 2 aromatic rings. The minimum Gasteiger partial charge on any atom is -0.482 e. The Morgan fingerprint density at radius 1 is 1.19 bits per heavy atom. The van der Waals surface area contributed by atoms with E-state index in [-0.39, 0.29) is 24.9 Å². The molecule has 6 heteroatoms. The number of amides is 1. The molecule has 0 radical (unpaired) electrons. The van der Waals surface area contributed by atoms with Gasteiger partial charge >= 0.3 is 0 Å². The lowest BCUT2D eigenvalue weighted by Crippen LogP contribution is -2.28. The summed E-state index contributed by atoms with van der Waals surface area (Å²) in [6.07, 6.45) is 0. The van der Waals surface area contributed by atoms with E-state index in [9.17, 15) is 9.18 Å². The summed E-state index contributed by atoms with van der Waals surface area (Å²) in [6.45, 7) is -0.112. The van der Waals surface area contributed by atoms with Gasteiger partial charge in [0.05, 0.1) is 5.02 Å². The largest absolute Gasteiger partial charge is 0.482 e. The maximum Gasteiger partial charge on any atom is 0.258 e. The van der Waals surface area contributed by atoms with Gasteiger partial charge in [-0.3, -0.25) is 4.79 Å². The maximum atomic E-state index is 13.4. The van der Waals surface area contributed by atoms with Crippen LogP contribution in [0.2, 0.25) is 10.0 Å². The number of hydrogen-bond donors (Lipinski definition) is 1. The zero-order chi connectivity index (χ0) is 15.2. The first-order valence-corrected chi connectivity index (χ1v) is 6.90. The predicted molar refractivity (Wildman–Crippen MR) is 80.2 cm³/mol. The van der Waals surface area contributed by atoms with Gasteiger partial charge < -0.3 is 10.1 Å². The van der Waals surface area contributed by atoms with Crippen molar-refractivity contribution >= 4 is 29.1 Å². The number of rotatable bonds is 5. The molecule has 0 heterocycles. The number of carbonyl (C=O) groups is 1. The van der Waals surface area contributed by atoms with E-state index < -0.39 is 0 Å². The number of ether oxygens (including phenoxy) is 1. The highest BCUT2D eigenvalue weighted by atomic mass is 35.5. The van der Waals surface area contributed by atoms with Gasteiger partial charge in [-0.1, -0.05) is 41.4 Å². The van der Waals surface area contributed by atoms with Gasteiger partial charge in [0.1, 0.15) is 11.6 Å². The molecule has 0 bridgehead atoms. The van der Waals surface area contributed by atoms with Crippen molar-refractivity contribution in [3.63, 3.8) is 0 Å². The first kappa shape index (κ1) is 15.6. The average molecular weight is 328 g/mol. The van der Waals surface area contributed by atoms with Crippen molar-refractivity contribution in [2.75, 3.05) is 6.61 Å². The smallest absolute Gasteiger partial charge is 0.258 e. The average Bonchev–Trinajstić information content (AvgIpc) is 2.45. The zero-order valence-corrected chi connectivity index (χ0v) is 12.4. The lowest BCUT2D eigenvalue weighted by atomic mass is 10.2. The Balaban J connectivity index is 1.84. The van der Waals surface area contributed by atoms with E-state index in [2.05, 4.69) is 5.32 Å². The number of halogens is 3. The summed E-state index contributed by atoms with van der Waals surface area (Å²) >= 11 is 11.7. The molecule has 0 aliphatic carbocycles. The highest BCUT2D eigenvalue weighted by molar-refractivity contribution is 6.35. The topological polar surface area (TPSA) is 38.3 Å². The van der Waals surface area contributed by atoms with Gasteiger partial charge in [-0.2, -0.15) is 0 Å². The van der Waals surface area contributed by atoms with Gasteiger partial charge in [-0.25, -0.2) is 4.39 Å². The molecule has 1 amide bonds. The van der Waals surface area contributed by atoms with E-state index in [1.165, 1.54) is 12.1 Å². The van der Waals surface area contributed by atoms with Crippen molar-refractivity contribution in [3.8, 4) is 5.75 Å². The van der Waals surface area contributed by atoms with Gasteiger partial charge in [0.2, 0.25) is 0 Å². The molecule has 0 unspecified atom stereocenters. The molecule has 0 atom stereocenters. The van der Waals surface area contributed by atoms with Crippen molar-refractivity contribution < 1.29 is 13.9 Å². The van der Waals surface area contributed by atoms with Gasteiger partial charge in [-0.05, 0) is 24.3 Å². The lowest BCUT2D eigenvalue weighted by molar-refractivity contribution is -0.123. The summed E-state index contributed by atoms with van der Waals surface area (Å²) in [4.78, 5) is 11.7. The summed E-state index contributed by atoms with van der Waals surface area (Å²) in [5.41, 5.74) is 0.412. The van der Waals surface area contributed by atoms with E-state index in [1.54, 1.807) is 30.3 Å². The quantitative estimate of drug-likeness (QED) is 0.906. The van der Waals surface area contributed by atoms with Gasteiger partial charge in [0.15, 0.2) is 6.61 Å². The van der Waals surface area contributed by atoms with E-state index in [1.807, 2.05) is 0 Å². The molecular weight excluding hydrogens is 316 g/mol. The Morgan fingerprint density at radius 3 is 2.67 bits per heavy atom. The molecule has 0 aliphatic rings. The fourth-order valence-corrected chi connectivity index (χ4v) is 2.09. The summed E-state index contributed by atoms with van der Waals surface area (Å²) in [5.74, 6) is -0.370. The fourth-order valence-electron chi connectivity index (χ4n) is 1.62. The van der Waals surface area contributed by atoms with Crippen LogP contribution in [-0.2, 0) is 11.3 Å². The summed E-state index contributed by atoms with van der Waals surface area (Å²) < 4.78 is 18.6. The van der Waals surface area contributed by atoms with Crippen molar-refractivity contribution in [1.82, 2.24) is 5.32 Å². The number of benzene rings is 2. The third-order valence-corrected chi connectivity index (χ3v) is 3.22. The molecule has 110 valence electrons. The van der Waals surface area contributed by atoms with Gasteiger partial charge in [-0.15, -0.1) is 0 Å². The summed E-state index contributed by atoms with van der Waals surface area (Å²) in [5, 5.41) is 3.37. The minimum absolute atomic E-state index is 0.100. The molecule has 0 aromatic heterocycles. The Hall–Kier alpha value is -1.78. The number of carbonyl (C=O) groups excluding carboxylic acids is 1. The minimum atomic E-state index is -0.371. The maximum absolute atomic E-state index is 13.4. The Labute approximate surface area is 131 Å². The van der Waals surface area contributed by atoms with Crippen LogP contribution in [0.15, 0.2) is 42.5 Å². The monoisotopic (exact) mass is 327 g/mol. The molecular formula is C15H12Cl2FNO2. The molecule has 0 fully saturated rings. The van der Waals surface area contributed by atoms with E-state index >= 15 is 0 Å². The second kappa shape index (κ2) is 7.29. The van der Waals surface area contributed by atoms with Crippen LogP contribution >= 0.6 is 23.2 Å². The molecule has 1 N–H and O–H groups in total. The van der Waals surface area contributed by atoms with Crippen molar-refractivity contribution in [2.45, 2.75) is 6.54 Å². The van der Waals surface area contributed by atoms with Crippen LogP contribution in [0.5, 0.6) is 5.75 Å². The van der Waals surface area contributed by atoms with Crippen LogP contribution in [0.3, 0.4) is 0 Å². The van der Waals surface area contributed by atoms with Crippen molar-refractivity contribution in [3.05, 3.63) is 63.9 Å². The van der Waals surface area contributed by atoms with Crippen molar-refractivity contribution in [1.29, 1.82) is 0 Å². The second-order valence-corrected chi connectivity index (χ2v) is 5.08. The summed E-state index contributed by atoms with van der Waals surface area (Å²) in [7, 11) is 0. The van der Waals surface area contributed by atoms with Gasteiger partial charge in [0.25, 0.3) is 5.91 Å². The molecule has 2 rings (SSSR count). The molecule has 21 heavy (non-hydrogen) atoms. The van der Waals surface area contributed by atoms with E-state index in [0.29, 0.717) is 21.4 Å². The van der Waals surface area contributed by atoms with Crippen LogP contribution in [0.4, 0.5) is 4.39 Å². The van der Waals surface area contributed by atoms with Crippen LogP contribution in [-0.4, -0.2) is 12.5 Å². The second-order valence-electron chi connectivity index (χ2n) is 4.23. The molecule has 0 saturated carbocycles. The molecule has 0 aliphatic heterocycles. The van der Waals surface area contributed by atoms with E-state index in [0.717, 1.165) is 0 Å². The predicted octanol–water partition coefficient (Wildman–Crippen LogP) is 3.83. The zero-order valence-electron chi connectivity index (χ0n) is 10.9. The van der Waals surface area contributed by atoms with Crippen LogP contribution in [0.25, 0.3) is 0 Å². The third kappa shape index (κ3) is 4.62. The van der Waals surface area contributed by atoms with E-state index in [4.69, 9.17) is 27.9 Å². The normalized spacial score (nSPS) is 10.2. The standard InChI is InChI=1S/C15H12Cl2FNO2/c16-11-5-6-14(12(17)7-11)21-9-15(20)19-8-10-3-1-2-4-13(10)18/h1-7H,8-9H2,(H,19,20). The molecule has 0 saturated heterocycles. The first-order valence-electron chi connectivity index (χ1n) is 6.14. The Bertz CT molecular complexity index is 649. The molecule has 2 aromatic carbocycles. The first-order chi connectivity index (χ1) is 10.1. The molecule has 3 nitrogen and oxygen atoms in total. The van der Waals surface area contributed by atoms with Crippen LogP contribution in [0, 0.1) is 5.82 Å². The number of hydrogen-bond acceptors (Lipinski definition) is 2. The van der Waals surface area contributed by atoms with Crippen LogP contribution < -0.4 is 10.1 Å². The molecule has 0 spiro atoms. The SMILES string of the molecule is O=C(COc1ccc(Cl)cc1Cl)NCc1ccccc1F. The van der Waals surface area contributed by atoms with Crippen LogP contribution in [0.1, 0.15) is 5.56 Å². The van der Waals surface area contributed by atoms with Crippen molar-refractivity contribution in [2.24, 2.45) is 0 Å². The number of nitrogens with one attached hydrogen (secondary N) is 1.